The van der Waals surface area contributed by atoms with E-state index in [4.69, 9.17) is 0 Å². The molecule has 2 aliphatic rings. The molecule has 7 nitrogen and oxygen atoms in total. The molecular formula is C47H56F2N4O3. The van der Waals surface area contributed by atoms with E-state index in [2.05, 4.69) is 78.0 Å². The minimum atomic E-state index is -1.11. The van der Waals surface area contributed by atoms with Crippen molar-refractivity contribution in [2.24, 2.45) is 0 Å². The fourth-order valence-electron chi connectivity index (χ4n) is 7.35. The number of allylic oxidation sites excluding steroid dienone is 10. The van der Waals surface area contributed by atoms with Crippen LogP contribution in [0.2, 0.25) is 0 Å². The maximum absolute atomic E-state index is 14.2. The predicted molar refractivity (Wildman–Crippen MR) is 223 cm³/mol. The van der Waals surface area contributed by atoms with Crippen LogP contribution in [-0.2, 0) is 15.0 Å². The molecule has 0 radical (unpaired) electrons. The highest BCUT2D eigenvalue weighted by molar-refractivity contribution is 6.21. The van der Waals surface area contributed by atoms with E-state index in [0.29, 0.717) is 38.0 Å². The van der Waals surface area contributed by atoms with Crippen LogP contribution in [0.3, 0.4) is 0 Å². The Hall–Kier alpha value is -5.31. The monoisotopic (exact) mass is 762 g/mol. The molecule has 1 aromatic heterocycles. The van der Waals surface area contributed by atoms with Crippen molar-refractivity contribution < 1.29 is 23.2 Å². The Labute approximate surface area is 330 Å². The number of halogens is 2. The lowest BCUT2D eigenvalue weighted by molar-refractivity contribution is -0.132. The van der Waals surface area contributed by atoms with Crippen LogP contribution in [-0.4, -0.2) is 58.2 Å². The van der Waals surface area contributed by atoms with E-state index in [0.717, 1.165) is 73.5 Å². The summed E-state index contributed by atoms with van der Waals surface area (Å²) in [5.41, 5.74) is 2.06. The molecule has 3 amide bonds. The fraction of sp³-hybridized carbons (Fsp3) is 0.383. The average Bonchev–Trinajstić information content (AvgIpc) is 3.54. The number of fused-ring (bicyclic) bond motifs is 3. The summed E-state index contributed by atoms with van der Waals surface area (Å²) in [5.74, 6) is -2.91. The van der Waals surface area contributed by atoms with Crippen LogP contribution in [0.4, 0.5) is 8.78 Å². The summed E-state index contributed by atoms with van der Waals surface area (Å²) in [4.78, 5) is 47.6. The Morgan fingerprint density at radius 3 is 2.11 bits per heavy atom. The van der Waals surface area contributed by atoms with E-state index in [-0.39, 0.29) is 35.5 Å². The first kappa shape index (κ1) is 41.8. The Morgan fingerprint density at radius 2 is 1.46 bits per heavy atom. The first-order valence-corrected chi connectivity index (χ1v) is 20.0. The lowest BCUT2D eigenvalue weighted by Gasteiger charge is -2.32. The Balaban J connectivity index is 1.11. The average molecular weight is 763 g/mol. The molecule has 2 aliphatic heterocycles. The van der Waals surface area contributed by atoms with Crippen LogP contribution in [0.5, 0.6) is 0 Å². The largest absolute Gasteiger partial charge is 0.354 e. The third-order valence-electron chi connectivity index (χ3n) is 10.3. The highest BCUT2D eigenvalue weighted by atomic mass is 19.2. The number of aromatic amines is 1. The van der Waals surface area contributed by atoms with Gasteiger partial charge in [0.25, 0.3) is 11.8 Å². The van der Waals surface area contributed by atoms with Gasteiger partial charge in [0.05, 0.1) is 11.3 Å². The second-order valence-electron chi connectivity index (χ2n) is 15.1. The molecular weight excluding hydrogens is 707 g/mol. The second kappa shape index (κ2) is 20.6. The number of likely N-dealkylation sites (tertiary alicyclic amines) is 1. The van der Waals surface area contributed by atoms with Gasteiger partial charge in [-0.25, -0.2) is 8.78 Å². The number of H-pyrrole nitrogens is 1. The molecule has 2 aromatic carbocycles. The number of benzene rings is 2. The van der Waals surface area contributed by atoms with Crippen molar-refractivity contribution in [1.82, 2.24) is 20.1 Å². The number of aromatic nitrogens is 1. The molecule has 0 saturated carbocycles. The topological polar surface area (TPSA) is 85.5 Å². The first-order valence-electron chi connectivity index (χ1n) is 20.0. The third kappa shape index (κ3) is 11.4. The number of carbonyl (C=O) groups is 3. The summed E-state index contributed by atoms with van der Waals surface area (Å²) in [6, 6.07) is 10.7. The number of amides is 3. The SMILES string of the molecule is CCC=CCC=CCC=CCC=CCC=CCCCC(=O)N1CCC(NC(=O)C2=CN(C(=O)c3ccc(F)c(F)c3)CC(C)(C)c3c2[nH]c2ccccc32)CC1. The normalized spacial score (nSPS) is 16.5. The molecule has 3 heterocycles. The molecule has 1 fully saturated rings. The van der Waals surface area contributed by atoms with Gasteiger partial charge in [-0.3, -0.25) is 14.4 Å². The van der Waals surface area contributed by atoms with E-state index in [1.165, 1.54) is 17.2 Å². The Morgan fingerprint density at radius 1 is 0.839 bits per heavy atom. The quantitative estimate of drug-likeness (QED) is 0.113. The molecule has 1 saturated heterocycles. The maximum Gasteiger partial charge on any atom is 0.257 e. The molecule has 56 heavy (non-hydrogen) atoms. The predicted octanol–water partition coefficient (Wildman–Crippen LogP) is 10.2. The first-order chi connectivity index (χ1) is 27.1. The standard InChI is InChI=1S/C47H56F2N4O3/c1-4-5-6-7-8-9-10-11-12-13-14-15-16-17-18-19-20-25-42(54)52-30-28-36(29-31-52)50-45(55)38-33-53(46(56)35-26-27-39(48)40(49)32-35)34-47(2,3)43-37-23-21-22-24-41(37)51-44(38)43/h5-6,8-9,11-12,14-15,17-18,21-24,26-27,32-33,36,51H,4,7,10,13,16,19-20,25,28-31,34H2,1-3H3,(H,50,55). The number of carbonyl (C=O) groups excluding carboxylic acids is 3. The van der Waals surface area contributed by atoms with Crippen LogP contribution in [0.15, 0.2) is 109 Å². The molecule has 3 aromatic rings. The van der Waals surface area contributed by atoms with E-state index in [1.54, 1.807) is 0 Å². The lowest BCUT2D eigenvalue weighted by atomic mass is 9.81. The Bertz CT molecular complexity index is 2010. The number of hydrogen-bond acceptors (Lipinski definition) is 3. The minimum absolute atomic E-state index is 0.0129. The lowest BCUT2D eigenvalue weighted by Crippen LogP contribution is -2.46. The molecule has 296 valence electrons. The number of nitrogens with zero attached hydrogens (tertiary/aromatic N) is 2. The number of rotatable bonds is 16. The minimum Gasteiger partial charge on any atom is -0.354 e. The third-order valence-corrected chi connectivity index (χ3v) is 10.3. The van der Waals surface area contributed by atoms with Gasteiger partial charge in [0.2, 0.25) is 5.91 Å². The zero-order valence-corrected chi connectivity index (χ0v) is 33.0. The summed E-state index contributed by atoms with van der Waals surface area (Å²) in [7, 11) is 0. The zero-order chi connectivity index (χ0) is 39.9. The second-order valence-corrected chi connectivity index (χ2v) is 15.1. The highest BCUT2D eigenvalue weighted by Crippen LogP contribution is 2.40. The van der Waals surface area contributed by atoms with Crippen LogP contribution in [0.25, 0.3) is 16.5 Å². The number of unbranched alkanes of at least 4 members (excludes halogenated alkanes) is 1. The van der Waals surface area contributed by atoms with Crippen molar-refractivity contribution in [1.29, 1.82) is 0 Å². The van der Waals surface area contributed by atoms with Gasteiger partial charge in [-0.05, 0) is 87.6 Å². The van der Waals surface area contributed by atoms with Crippen molar-refractivity contribution >= 4 is 34.2 Å². The van der Waals surface area contributed by atoms with Crippen molar-refractivity contribution in [3.63, 3.8) is 0 Å². The van der Waals surface area contributed by atoms with E-state index < -0.39 is 23.0 Å². The number of para-hydroxylation sites is 1. The fourth-order valence-corrected chi connectivity index (χ4v) is 7.35. The van der Waals surface area contributed by atoms with Crippen LogP contribution >= 0.6 is 0 Å². The van der Waals surface area contributed by atoms with Gasteiger partial charge in [0, 0.05) is 60.2 Å². The maximum atomic E-state index is 14.2. The Kier molecular flexibility index (Phi) is 15.4. The van der Waals surface area contributed by atoms with Crippen LogP contribution in [0.1, 0.15) is 107 Å². The van der Waals surface area contributed by atoms with Gasteiger partial charge < -0.3 is 20.1 Å². The zero-order valence-electron chi connectivity index (χ0n) is 33.0. The van der Waals surface area contributed by atoms with Gasteiger partial charge in [-0.15, -0.1) is 0 Å². The number of nitrogens with one attached hydrogen (secondary N) is 2. The van der Waals surface area contributed by atoms with E-state index in [9.17, 15) is 23.2 Å². The van der Waals surface area contributed by atoms with E-state index in [1.807, 2.05) is 43.0 Å². The van der Waals surface area contributed by atoms with Crippen LogP contribution in [0, 0.1) is 11.6 Å². The molecule has 0 bridgehead atoms. The van der Waals surface area contributed by atoms with Crippen molar-refractivity contribution in [3.8, 4) is 0 Å². The van der Waals surface area contributed by atoms with Crippen molar-refractivity contribution in [2.45, 2.75) is 96.4 Å². The molecule has 0 aliphatic carbocycles. The van der Waals surface area contributed by atoms with Crippen molar-refractivity contribution in [2.75, 3.05) is 19.6 Å². The molecule has 0 spiro atoms. The van der Waals surface area contributed by atoms with Crippen molar-refractivity contribution in [3.05, 3.63) is 138 Å². The summed E-state index contributed by atoms with van der Waals surface area (Å²) in [6.07, 6.45) is 31.5. The van der Waals surface area contributed by atoms with Gasteiger partial charge in [0.15, 0.2) is 11.6 Å². The van der Waals surface area contributed by atoms with Gasteiger partial charge in [-0.1, -0.05) is 99.7 Å². The number of hydrogen-bond donors (Lipinski definition) is 2. The summed E-state index contributed by atoms with van der Waals surface area (Å²) >= 11 is 0. The number of piperidine rings is 1. The highest BCUT2D eigenvalue weighted by Gasteiger charge is 2.38. The van der Waals surface area contributed by atoms with Gasteiger partial charge >= 0.3 is 0 Å². The summed E-state index contributed by atoms with van der Waals surface area (Å²) in [6.45, 7) is 7.45. The molecule has 5 rings (SSSR count). The summed E-state index contributed by atoms with van der Waals surface area (Å²) < 4.78 is 27.9. The molecule has 0 atom stereocenters. The molecule has 9 heteroatoms. The van der Waals surface area contributed by atoms with E-state index >= 15 is 0 Å². The van der Waals surface area contributed by atoms with Gasteiger partial charge in [0.1, 0.15) is 0 Å². The smallest absolute Gasteiger partial charge is 0.257 e. The van der Waals surface area contributed by atoms with Gasteiger partial charge in [-0.2, -0.15) is 0 Å². The molecule has 0 unspecified atom stereocenters. The van der Waals surface area contributed by atoms with Crippen LogP contribution < -0.4 is 5.32 Å². The summed E-state index contributed by atoms with van der Waals surface area (Å²) in [5, 5.41) is 4.12. The molecule has 2 N–H and O–H groups in total.